The van der Waals surface area contributed by atoms with Gasteiger partial charge < -0.3 is 5.11 Å². The zero-order valence-corrected chi connectivity index (χ0v) is 9.46. The molecule has 0 aliphatic carbocycles. The van der Waals surface area contributed by atoms with Gasteiger partial charge in [-0.15, -0.1) is 0 Å². The lowest BCUT2D eigenvalue weighted by Crippen LogP contribution is -1.83. The molecular weight excluding hydrogens is 238 g/mol. The van der Waals surface area contributed by atoms with E-state index in [9.17, 15) is 5.11 Å². The van der Waals surface area contributed by atoms with E-state index in [2.05, 4.69) is 9.97 Å². The first kappa shape index (κ1) is 10.1. The Bertz CT molecular complexity index is 676. The normalized spacial score (nSPS) is 10.9. The third kappa shape index (κ3) is 1.62. The predicted octanol–water partition coefficient (Wildman–Crippen LogP) is 2.76. The maximum Gasteiger partial charge on any atom is 0.224 e. The molecule has 0 spiro atoms. The zero-order valence-electron chi connectivity index (χ0n) is 8.71. The van der Waals surface area contributed by atoms with E-state index in [4.69, 9.17) is 11.6 Å². The van der Waals surface area contributed by atoms with Crippen molar-refractivity contribution in [1.29, 1.82) is 0 Å². The first-order chi connectivity index (χ1) is 8.25. The molecular formula is C12H8ClN3O. The third-order valence-electron chi connectivity index (χ3n) is 2.52. The Morgan fingerprint density at radius 2 is 1.94 bits per heavy atom. The van der Waals surface area contributed by atoms with E-state index >= 15 is 0 Å². The number of fused-ring (bicyclic) bond motifs is 1. The van der Waals surface area contributed by atoms with Crippen LogP contribution >= 0.6 is 11.6 Å². The minimum Gasteiger partial charge on any atom is -0.493 e. The SMILES string of the molecule is Oc1c(-c2ccc(Cl)cc2)nc2cnccn12. The highest BCUT2D eigenvalue weighted by molar-refractivity contribution is 6.30. The molecule has 0 saturated carbocycles. The van der Waals surface area contributed by atoms with Gasteiger partial charge in [-0.1, -0.05) is 23.7 Å². The molecule has 0 radical (unpaired) electrons. The average Bonchev–Trinajstić information content (AvgIpc) is 2.69. The summed E-state index contributed by atoms with van der Waals surface area (Å²) in [7, 11) is 0. The fraction of sp³-hybridized carbons (Fsp3) is 0. The lowest BCUT2D eigenvalue weighted by atomic mass is 10.2. The molecule has 3 aromatic rings. The third-order valence-corrected chi connectivity index (χ3v) is 2.77. The number of imidazole rings is 1. The van der Waals surface area contributed by atoms with Crippen molar-refractivity contribution in [3.8, 4) is 17.1 Å². The quantitative estimate of drug-likeness (QED) is 0.717. The monoisotopic (exact) mass is 245 g/mol. The maximum atomic E-state index is 10.1. The van der Waals surface area contributed by atoms with Gasteiger partial charge in [-0.2, -0.15) is 0 Å². The van der Waals surface area contributed by atoms with Crippen molar-refractivity contribution in [2.75, 3.05) is 0 Å². The molecule has 0 aliphatic rings. The largest absolute Gasteiger partial charge is 0.493 e. The van der Waals surface area contributed by atoms with Gasteiger partial charge in [0.2, 0.25) is 5.88 Å². The van der Waals surface area contributed by atoms with Crippen molar-refractivity contribution in [2.45, 2.75) is 0 Å². The fourth-order valence-electron chi connectivity index (χ4n) is 1.70. The summed E-state index contributed by atoms with van der Waals surface area (Å²) in [5.74, 6) is 0.102. The van der Waals surface area contributed by atoms with Gasteiger partial charge in [0.25, 0.3) is 0 Å². The van der Waals surface area contributed by atoms with E-state index in [-0.39, 0.29) is 5.88 Å². The molecule has 2 heterocycles. The molecule has 1 aromatic carbocycles. The van der Waals surface area contributed by atoms with Crippen LogP contribution in [-0.2, 0) is 0 Å². The highest BCUT2D eigenvalue weighted by Crippen LogP contribution is 2.29. The van der Waals surface area contributed by atoms with E-state index in [1.807, 2.05) is 12.1 Å². The summed E-state index contributed by atoms with van der Waals surface area (Å²) in [5.41, 5.74) is 1.94. The molecule has 0 unspecified atom stereocenters. The van der Waals surface area contributed by atoms with E-state index in [0.717, 1.165) is 5.56 Å². The molecule has 84 valence electrons. The van der Waals surface area contributed by atoms with E-state index in [1.165, 1.54) is 0 Å². The number of rotatable bonds is 1. The van der Waals surface area contributed by atoms with Gasteiger partial charge in [0.1, 0.15) is 5.69 Å². The number of benzene rings is 1. The summed E-state index contributed by atoms with van der Waals surface area (Å²) in [5, 5.41) is 10.7. The second-order valence-electron chi connectivity index (χ2n) is 3.60. The summed E-state index contributed by atoms with van der Waals surface area (Å²) >= 11 is 5.82. The zero-order chi connectivity index (χ0) is 11.8. The minimum atomic E-state index is 0.102. The van der Waals surface area contributed by atoms with Crippen LogP contribution in [0.15, 0.2) is 42.9 Å². The van der Waals surface area contributed by atoms with Crippen molar-refractivity contribution < 1.29 is 5.11 Å². The predicted molar refractivity (Wildman–Crippen MR) is 65.1 cm³/mol. The van der Waals surface area contributed by atoms with E-state index in [0.29, 0.717) is 16.4 Å². The summed E-state index contributed by atoms with van der Waals surface area (Å²) in [6.45, 7) is 0. The number of aromatic hydroxyl groups is 1. The number of nitrogens with zero attached hydrogens (tertiary/aromatic N) is 3. The standard InChI is InChI=1S/C12H8ClN3O/c13-9-3-1-8(2-4-9)11-12(17)16-6-5-14-7-10(16)15-11/h1-7,17H. The van der Waals surface area contributed by atoms with Crippen molar-refractivity contribution in [1.82, 2.24) is 14.4 Å². The van der Waals surface area contributed by atoms with Crippen molar-refractivity contribution in [3.63, 3.8) is 0 Å². The number of halogens is 1. The van der Waals surface area contributed by atoms with Crippen LogP contribution in [-0.4, -0.2) is 19.5 Å². The number of hydrogen-bond donors (Lipinski definition) is 1. The molecule has 0 amide bonds. The highest BCUT2D eigenvalue weighted by atomic mass is 35.5. The Kier molecular flexibility index (Phi) is 2.23. The lowest BCUT2D eigenvalue weighted by molar-refractivity contribution is 0.450. The van der Waals surface area contributed by atoms with Gasteiger partial charge >= 0.3 is 0 Å². The Morgan fingerprint density at radius 3 is 2.65 bits per heavy atom. The van der Waals surface area contributed by atoms with Gasteiger partial charge in [-0.05, 0) is 12.1 Å². The molecule has 4 nitrogen and oxygen atoms in total. The summed E-state index contributed by atoms with van der Waals surface area (Å²) in [6.07, 6.45) is 4.86. The second kappa shape index (κ2) is 3.75. The summed E-state index contributed by atoms with van der Waals surface area (Å²) < 4.78 is 1.58. The van der Waals surface area contributed by atoms with E-state index in [1.54, 1.807) is 35.1 Å². The van der Waals surface area contributed by atoms with Crippen molar-refractivity contribution in [2.24, 2.45) is 0 Å². The Hall–Kier alpha value is -2.07. The smallest absolute Gasteiger partial charge is 0.224 e. The minimum absolute atomic E-state index is 0.102. The van der Waals surface area contributed by atoms with Gasteiger partial charge in [0, 0.05) is 23.0 Å². The fourth-order valence-corrected chi connectivity index (χ4v) is 1.82. The maximum absolute atomic E-state index is 10.1. The first-order valence-electron chi connectivity index (χ1n) is 5.02. The Morgan fingerprint density at radius 1 is 1.18 bits per heavy atom. The molecule has 5 heteroatoms. The summed E-state index contributed by atoms with van der Waals surface area (Å²) in [6, 6.07) is 7.16. The molecule has 0 fully saturated rings. The van der Waals surface area contributed by atoms with Crippen molar-refractivity contribution in [3.05, 3.63) is 47.9 Å². The highest BCUT2D eigenvalue weighted by Gasteiger charge is 2.12. The second-order valence-corrected chi connectivity index (χ2v) is 4.03. The van der Waals surface area contributed by atoms with Gasteiger partial charge in [0.15, 0.2) is 5.65 Å². The average molecular weight is 246 g/mol. The molecule has 0 aliphatic heterocycles. The first-order valence-corrected chi connectivity index (χ1v) is 5.40. The van der Waals surface area contributed by atoms with Gasteiger partial charge in [0.05, 0.1) is 6.20 Å². The van der Waals surface area contributed by atoms with Crippen LogP contribution in [0.5, 0.6) is 5.88 Å². The molecule has 2 aromatic heterocycles. The summed E-state index contributed by atoms with van der Waals surface area (Å²) in [4.78, 5) is 8.28. The van der Waals surface area contributed by atoms with Crippen LogP contribution in [0.2, 0.25) is 5.02 Å². The van der Waals surface area contributed by atoms with Crippen LogP contribution in [0, 0.1) is 0 Å². The molecule has 0 atom stereocenters. The Labute approximate surface area is 102 Å². The Balaban J connectivity index is 2.24. The van der Waals surface area contributed by atoms with Crippen LogP contribution in [0.4, 0.5) is 0 Å². The van der Waals surface area contributed by atoms with E-state index < -0.39 is 0 Å². The van der Waals surface area contributed by atoms with Gasteiger partial charge in [-0.25, -0.2) is 4.98 Å². The van der Waals surface area contributed by atoms with Crippen molar-refractivity contribution >= 4 is 17.2 Å². The number of aromatic nitrogens is 3. The van der Waals surface area contributed by atoms with Crippen LogP contribution in [0.3, 0.4) is 0 Å². The molecule has 3 rings (SSSR count). The topological polar surface area (TPSA) is 50.4 Å². The molecule has 0 bridgehead atoms. The van der Waals surface area contributed by atoms with Gasteiger partial charge in [-0.3, -0.25) is 9.38 Å². The molecule has 0 saturated heterocycles. The number of hydrogen-bond acceptors (Lipinski definition) is 3. The van der Waals surface area contributed by atoms with Crippen LogP contribution in [0.25, 0.3) is 16.9 Å². The van der Waals surface area contributed by atoms with Crippen LogP contribution < -0.4 is 0 Å². The lowest BCUT2D eigenvalue weighted by Gasteiger charge is -1.98. The van der Waals surface area contributed by atoms with Crippen LogP contribution in [0.1, 0.15) is 0 Å². The molecule has 1 N–H and O–H groups in total. The molecule has 17 heavy (non-hydrogen) atoms.